The SMILES string of the molecule is CCc1ccc(C(C)NC(=O)c2ccc(N)c(Cl)c2)cc1. The highest BCUT2D eigenvalue weighted by Crippen LogP contribution is 2.20. The van der Waals surface area contributed by atoms with Crippen LogP contribution in [0.2, 0.25) is 5.02 Å². The number of carbonyl (C=O) groups is 1. The lowest BCUT2D eigenvalue weighted by molar-refractivity contribution is 0.0940. The van der Waals surface area contributed by atoms with E-state index in [1.807, 2.05) is 19.1 Å². The molecule has 3 N–H and O–H groups in total. The van der Waals surface area contributed by atoms with Crippen LogP contribution >= 0.6 is 11.6 Å². The van der Waals surface area contributed by atoms with Gasteiger partial charge in [-0.3, -0.25) is 4.79 Å². The minimum Gasteiger partial charge on any atom is -0.398 e. The van der Waals surface area contributed by atoms with Gasteiger partial charge in [0.05, 0.1) is 16.8 Å². The molecule has 0 heterocycles. The topological polar surface area (TPSA) is 55.1 Å². The zero-order chi connectivity index (χ0) is 15.4. The zero-order valence-electron chi connectivity index (χ0n) is 12.2. The standard InChI is InChI=1S/C17H19ClN2O/c1-3-12-4-6-13(7-5-12)11(2)20-17(21)14-8-9-16(19)15(18)10-14/h4-11H,3,19H2,1-2H3,(H,20,21). The molecule has 0 radical (unpaired) electrons. The second-order valence-corrected chi connectivity index (χ2v) is 5.43. The zero-order valence-corrected chi connectivity index (χ0v) is 12.9. The van der Waals surface area contributed by atoms with Gasteiger partial charge in [-0.25, -0.2) is 0 Å². The highest BCUT2D eigenvalue weighted by Gasteiger charge is 2.12. The Bertz CT molecular complexity index is 638. The van der Waals surface area contributed by atoms with Crippen molar-refractivity contribution in [1.29, 1.82) is 0 Å². The Morgan fingerprint density at radius 3 is 2.48 bits per heavy atom. The first-order chi connectivity index (χ1) is 10.0. The molecule has 4 heteroatoms. The van der Waals surface area contributed by atoms with Gasteiger partial charge in [0, 0.05) is 5.56 Å². The molecule has 110 valence electrons. The first kappa shape index (κ1) is 15.4. The van der Waals surface area contributed by atoms with Crippen molar-refractivity contribution in [1.82, 2.24) is 5.32 Å². The summed E-state index contributed by atoms with van der Waals surface area (Å²) in [5.41, 5.74) is 8.97. The number of amides is 1. The number of nitrogens with one attached hydrogen (secondary N) is 1. The summed E-state index contributed by atoms with van der Waals surface area (Å²) in [5, 5.41) is 3.35. The maximum atomic E-state index is 12.2. The van der Waals surface area contributed by atoms with Crippen molar-refractivity contribution < 1.29 is 4.79 Å². The first-order valence-corrected chi connectivity index (χ1v) is 7.33. The van der Waals surface area contributed by atoms with Crippen molar-refractivity contribution in [3.63, 3.8) is 0 Å². The molecule has 2 aromatic carbocycles. The van der Waals surface area contributed by atoms with E-state index in [0.717, 1.165) is 12.0 Å². The average molecular weight is 303 g/mol. The molecule has 3 nitrogen and oxygen atoms in total. The summed E-state index contributed by atoms with van der Waals surface area (Å²) in [4.78, 5) is 12.2. The number of halogens is 1. The summed E-state index contributed by atoms with van der Waals surface area (Å²) in [6.45, 7) is 4.07. The third kappa shape index (κ3) is 3.76. The van der Waals surface area contributed by atoms with E-state index in [1.165, 1.54) is 5.56 Å². The number of hydrogen-bond acceptors (Lipinski definition) is 2. The van der Waals surface area contributed by atoms with Crippen LogP contribution in [0.25, 0.3) is 0 Å². The minimum atomic E-state index is -0.163. The van der Waals surface area contributed by atoms with Gasteiger partial charge in [-0.15, -0.1) is 0 Å². The fourth-order valence-electron chi connectivity index (χ4n) is 2.07. The predicted octanol–water partition coefficient (Wildman–Crippen LogP) is 3.98. The Labute approximate surface area is 130 Å². The second-order valence-electron chi connectivity index (χ2n) is 5.03. The summed E-state index contributed by atoms with van der Waals surface area (Å²) < 4.78 is 0. The molecule has 0 saturated carbocycles. The lowest BCUT2D eigenvalue weighted by atomic mass is 10.0. The van der Waals surface area contributed by atoms with Gasteiger partial charge in [0.15, 0.2) is 0 Å². The normalized spacial score (nSPS) is 12.0. The molecule has 2 aromatic rings. The molecule has 0 aliphatic heterocycles. The van der Waals surface area contributed by atoms with Gasteiger partial charge in [0.1, 0.15) is 0 Å². The van der Waals surface area contributed by atoms with Crippen LogP contribution in [0.15, 0.2) is 42.5 Å². The van der Waals surface area contributed by atoms with E-state index in [4.69, 9.17) is 17.3 Å². The second kappa shape index (κ2) is 6.64. The van der Waals surface area contributed by atoms with Gasteiger partial charge in [-0.1, -0.05) is 42.8 Å². The van der Waals surface area contributed by atoms with E-state index < -0.39 is 0 Å². The van der Waals surface area contributed by atoms with Gasteiger partial charge in [-0.05, 0) is 42.7 Å². The van der Waals surface area contributed by atoms with Crippen molar-refractivity contribution in [3.8, 4) is 0 Å². The van der Waals surface area contributed by atoms with Crippen LogP contribution in [0.5, 0.6) is 0 Å². The first-order valence-electron chi connectivity index (χ1n) is 6.96. The Balaban J connectivity index is 2.08. The predicted molar refractivity (Wildman–Crippen MR) is 87.6 cm³/mol. The smallest absolute Gasteiger partial charge is 0.251 e. The van der Waals surface area contributed by atoms with Gasteiger partial charge in [-0.2, -0.15) is 0 Å². The van der Waals surface area contributed by atoms with Gasteiger partial charge >= 0.3 is 0 Å². The van der Waals surface area contributed by atoms with Gasteiger partial charge < -0.3 is 11.1 Å². The number of nitrogens with two attached hydrogens (primary N) is 1. The number of rotatable bonds is 4. The summed E-state index contributed by atoms with van der Waals surface area (Å²) in [7, 11) is 0. The Morgan fingerprint density at radius 1 is 1.24 bits per heavy atom. The van der Waals surface area contributed by atoms with Gasteiger partial charge in [0.2, 0.25) is 0 Å². The van der Waals surface area contributed by atoms with Crippen LogP contribution in [0, 0.1) is 0 Å². The van der Waals surface area contributed by atoms with Gasteiger partial charge in [0.25, 0.3) is 5.91 Å². The van der Waals surface area contributed by atoms with Crippen LogP contribution in [0.3, 0.4) is 0 Å². The van der Waals surface area contributed by atoms with E-state index in [-0.39, 0.29) is 11.9 Å². The molecule has 0 aliphatic carbocycles. The minimum absolute atomic E-state index is 0.0697. The summed E-state index contributed by atoms with van der Waals surface area (Å²) >= 11 is 5.94. The number of nitrogen functional groups attached to an aromatic ring is 1. The Morgan fingerprint density at radius 2 is 1.90 bits per heavy atom. The van der Waals surface area contributed by atoms with Crippen LogP contribution in [-0.2, 0) is 6.42 Å². The highest BCUT2D eigenvalue weighted by molar-refractivity contribution is 6.33. The number of hydrogen-bond donors (Lipinski definition) is 2. The van der Waals surface area contributed by atoms with Crippen molar-refractivity contribution in [2.24, 2.45) is 0 Å². The average Bonchev–Trinajstić information content (AvgIpc) is 2.50. The molecular weight excluding hydrogens is 284 g/mol. The fourth-order valence-corrected chi connectivity index (χ4v) is 2.25. The number of aryl methyl sites for hydroxylation is 1. The maximum Gasteiger partial charge on any atom is 0.251 e. The van der Waals surface area contributed by atoms with Crippen LogP contribution < -0.4 is 11.1 Å². The molecule has 0 aliphatic rings. The molecule has 0 bridgehead atoms. The summed E-state index contributed by atoms with van der Waals surface area (Å²) in [5.74, 6) is -0.163. The molecule has 0 aromatic heterocycles. The molecule has 1 unspecified atom stereocenters. The third-order valence-electron chi connectivity index (χ3n) is 3.50. The quantitative estimate of drug-likeness (QED) is 0.839. The molecule has 0 fully saturated rings. The van der Waals surface area contributed by atoms with Crippen LogP contribution in [0.1, 0.15) is 41.4 Å². The Kier molecular flexibility index (Phi) is 4.86. The van der Waals surface area contributed by atoms with E-state index >= 15 is 0 Å². The van der Waals surface area contributed by atoms with E-state index in [9.17, 15) is 4.79 Å². The number of benzene rings is 2. The van der Waals surface area contributed by atoms with Crippen molar-refractivity contribution in [2.45, 2.75) is 26.3 Å². The Hall–Kier alpha value is -2.00. The van der Waals surface area contributed by atoms with E-state index in [0.29, 0.717) is 16.3 Å². The lowest BCUT2D eigenvalue weighted by Gasteiger charge is -2.15. The molecule has 0 spiro atoms. The molecule has 2 rings (SSSR count). The van der Waals surface area contributed by atoms with Crippen LogP contribution in [0.4, 0.5) is 5.69 Å². The summed E-state index contributed by atoms with van der Waals surface area (Å²) in [6, 6.07) is 13.1. The van der Waals surface area contributed by atoms with Crippen molar-refractivity contribution >= 4 is 23.2 Å². The molecule has 1 atom stereocenters. The lowest BCUT2D eigenvalue weighted by Crippen LogP contribution is -2.26. The van der Waals surface area contributed by atoms with Crippen molar-refractivity contribution in [3.05, 3.63) is 64.2 Å². The highest BCUT2D eigenvalue weighted by atomic mass is 35.5. The maximum absolute atomic E-state index is 12.2. The molecule has 1 amide bonds. The molecule has 21 heavy (non-hydrogen) atoms. The van der Waals surface area contributed by atoms with Crippen molar-refractivity contribution in [2.75, 3.05) is 5.73 Å². The van der Waals surface area contributed by atoms with Crippen LogP contribution in [-0.4, -0.2) is 5.91 Å². The van der Waals surface area contributed by atoms with E-state index in [2.05, 4.69) is 24.4 Å². The monoisotopic (exact) mass is 302 g/mol. The molecular formula is C17H19ClN2O. The van der Waals surface area contributed by atoms with E-state index in [1.54, 1.807) is 18.2 Å². The fraction of sp³-hybridized carbons (Fsp3) is 0.235. The number of carbonyl (C=O) groups excluding carboxylic acids is 1. The number of anilines is 1. The third-order valence-corrected chi connectivity index (χ3v) is 3.83. The summed E-state index contributed by atoms with van der Waals surface area (Å²) in [6.07, 6.45) is 1.00. The molecule has 0 saturated heterocycles. The largest absolute Gasteiger partial charge is 0.398 e.